The standard InChI is InChI=1S/C12H13FN2O4S/c1-3-7-4-8-5-14-9(6-20(17,18)19-2)10(13)11(8)15-12(7)16/h4-5H,3,6H2,1-2H3,(H,15,16). The maximum Gasteiger partial charge on any atom is 0.272 e. The number of fused-ring (bicyclic) bond motifs is 1. The lowest BCUT2D eigenvalue weighted by Gasteiger charge is -2.06. The van der Waals surface area contributed by atoms with Gasteiger partial charge in [-0.3, -0.25) is 14.0 Å². The minimum absolute atomic E-state index is 0.0523. The van der Waals surface area contributed by atoms with E-state index in [4.69, 9.17) is 0 Å². The number of aromatic nitrogens is 2. The third kappa shape index (κ3) is 2.70. The third-order valence-electron chi connectivity index (χ3n) is 2.93. The number of rotatable bonds is 4. The summed E-state index contributed by atoms with van der Waals surface area (Å²) in [5.41, 5.74) is -0.232. The maximum atomic E-state index is 14.2. The quantitative estimate of drug-likeness (QED) is 0.854. The van der Waals surface area contributed by atoms with Crippen molar-refractivity contribution in [1.82, 2.24) is 9.97 Å². The number of aryl methyl sites for hydroxylation is 1. The molecule has 0 bridgehead atoms. The van der Waals surface area contributed by atoms with Crippen molar-refractivity contribution in [1.29, 1.82) is 0 Å². The maximum absolute atomic E-state index is 14.2. The monoisotopic (exact) mass is 300 g/mol. The van der Waals surface area contributed by atoms with E-state index in [1.807, 2.05) is 0 Å². The molecule has 2 aromatic rings. The predicted molar refractivity (Wildman–Crippen MR) is 71.3 cm³/mol. The van der Waals surface area contributed by atoms with E-state index in [-0.39, 0.29) is 11.2 Å². The summed E-state index contributed by atoms with van der Waals surface area (Å²) in [5.74, 6) is -1.55. The Morgan fingerprint density at radius 2 is 2.15 bits per heavy atom. The zero-order valence-corrected chi connectivity index (χ0v) is 11.8. The molecule has 8 heteroatoms. The molecule has 0 saturated carbocycles. The van der Waals surface area contributed by atoms with Crippen molar-refractivity contribution in [3.8, 4) is 0 Å². The zero-order valence-electron chi connectivity index (χ0n) is 10.9. The van der Waals surface area contributed by atoms with Gasteiger partial charge in [0.05, 0.1) is 18.3 Å². The molecular weight excluding hydrogens is 287 g/mol. The zero-order chi connectivity index (χ0) is 14.9. The van der Waals surface area contributed by atoms with Crippen LogP contribution in [-0.2, 0) is 26.5 Å². The smallest absolute Gasteiger partial charge is 0.272 e. The van der Waals surface area contributed by atoms with Gasteiger partial charge in [0.2, 0.25) is 0 Å². The lowest BCUT2D eigenvalue weighted by atomic mass is 10.1. The molecule has 0 aromatic carbocycles. The first-order valence-electron chi connectivity index (χ1n) is 5.85. The Hall–Kier alpha value is -1.80. The summed E-state index contributed by atoms with van der Waals surface area (Å²) in [4.78, 5) is 17.9. The number of hydrogen-bond acceptors (Lipinski definition) is 5. The summed E-state index contributed by atoms with van der Waals surface area (Å²) in [7, 11) is -2.89. The van der Waals surface area contributed by atoms with Crippen molar-refractivity contribution in [2.24, 2.45) is 0 Å². The van der Waals surface area contributed by atoms with Crippen molar-refractivity contribution in [3.63, 3.8) is 0 Å². The number of aromatic amines is 1. The fourth-order valence-electron chi connectivity index (χ4n) is 1.81. The van der Waals surface area contributed by atoms with Crippen LogP contribution in [0.15, 0.2) is 17.1 Å². The van der Waals surface area contributed by atoms with E-state index in [1.165, 1.54) is 6.20 Å². The Morgan fingerprint density at radius 3 is 2.75 bits per heavy atom. The Morgan fingerprint density at radius 1 is 1.45 bits per heavy atom. The number of H-pyrrole nitrogens is 1. The first-order valence-corrected chi connectivity index (χ1v) is 7.43. The van der Waals surface area contributed by atoms with Gasteiger partial charge >= 0.3 is 0 Å². The minimum atomic E-state index is -3.88. The van der Waals surface area contributed by atoms with Crippen LogP contribution >= 0.6 is 0 Å². The molecule has 0 saturated heterocycles. The molecule has 0 atom stereocenters. The van der Waals surface area contributed by atoms with Crippen LogP contribution < -0.4 is 5.56 Å². The Labute approximate surface area is 114 Å². The van der Waals surface area contributed by atoms with Crippen LogP contribution in [0.1, 0.15) is 18.2 Å². The summed E-state index contributed by atoms with van der Waals surface area (Å²) in [6.07, 6.45) is 1.83. The van der Waals surface area contributed by atoms with Crippen molar-refractivity contribution < 1.29 is 17.0 Å². The highest BCUT2D eigenvalue weighted by atomic mass is 32.2. The number of halogens is 1. The Bertz CT molecular complexity index is 814. The Balaban J connectivity index is 2.62. The average Bonchev–Trinajstić information content (AvgIpc) is 2.42. The van der Waals surface area contributed by atoms with Crippen molar-refractivity contribution in [3.05, 3.63) is 39.7 Å². The summed E-state index contributed by atoms with van der Waals surface area (Å²) >= 11 is 0. The molecule has 2 aromatic heterocycles. The molecule has 2 rings (SSSR count). The lowest BCUT2D eigenvalue weighted by Crippen LogP contribution is -2.14. The molecule has 0 spiro atoms. The van der Waals surface area contributed by atoms with Crippen LogP contribution in [0.3, 0.4) is 0 Å². The lowest BCUT2D eigenvalue weighted by molar-refractivity contribution is 0.395. The van der Waals surface area contributed by atoms with Crippen molar-refractivity contribution in [2.45, 2.75) is 19.1 Å². The van der Waals surface area contributed by atoms with E-state index in [0.29, 0.717) is 17.4 Å². The van der Waals surface area contributed by atoms with Crippen molar-refractivity contribution in [2.75, 3.05) is 7.11 Å². The molecule has 0 aliphatic carbocycles. The topological polar surface area (TPSA) is 89.1 Å². The molecule has 0 unspecified atom stereocenters. The summed E-state index contributed by atoms with van der Waals surface area (Å²) < 4.78 is 41.1. The van der Waals surface area contributed by atoms with Gasteiger partial charge in [-0.25, -0.2) is 4.39 Å². The van der Waals surface area contributed by atoms with Gasteiger partial charge in [-0.2, -0.15) is 8.42 Å². The molecule has 1 N–H and O–H groups in total. The predicted octanol–water partition coefficient (Wildman–Crippen LogP) is 1.10. The second kappa shape index (κ2) is 5.29. The van der Waals surface area contributed by atoms with Crippen LogP contribution in [0, 0.1) is 5.82 Å². The van der Waals surface area contributed by atoms with E-state index in [0.717, 1.165) is 7.11 Å². The van der Waals surface area contributed by atoms with Crippen LogP contribution in [0.5, 0.6) is 0 Å². The molecule has 0 fully saturated rings. The number of pyridine rings is 2. The van der Waals surface area contributed by atoms with Crippen LogP contribution in [0.2, 0.25) is 0 Å². The molecule has 108 valence electrons. The molecule has 0 aliphatic heterocycles. The van der Waals surface area contributed by atoms with Gasteiger partial charge < -0.3 is 4.98 Å². The first-order chi connectivity index (χ1) is 9.38. The van der Waals surface area contributed by atoms with E-state index >= 15 is 0 Å². The van der Waals surface area contributed by atoms with Crippen LogP contribution in [0.25, 0.3) is 10.9 Å². The fraction of sp³-hybridized carbons (Fsp3) is 0.333. The first kappa shape index (κ1) is 14.6. The number of hydrogen-bond donors (Lipinski definition) is 1. The normalized spacial score (nSPS) is 11.9. The molecule has 20 heavy (non-hydrogen) atoms. The van der Waals surface area contributed by atoms with Gasteiger partial charge in [0.25, 0.3) is 15.7 Å². The molecule has 6 nitrogen and oxygen atoms in total. The molecule has 0 amide bonds. The second-order valence-corrected chi connectivity index (χ2v) is 5.93. The van der Waals surface area contributed by atoms with E-state index in [2.05, 4.69) is 14.2 Å². The highest BCUT2D eigenvalue weighted by molar-refractivity contribution is 7.85. The second-order valence-electron chi connectivity index (χ2n) is 4.20. The van der Waals surface area contributed by atoms with Gasteiger partial charge in [0, 0.05) is 17.1 Å². The van der Waals surface area contributed by atoms with Gasteiger partial charge in [0.1, 0.15) is 5.75 Å². The average molecular weight is 300 g/mol. The van der Waals surface area contributed by atoms with Crippen LogP contribution in [-0.4, -0.2) is 25.5 Å². The number of nitrogens with one attached hydrogen (secondary N) is 1. The summed E-state index contributed by atoms with van der Waals surface area (Å²) in [6.45, 7) is 1.81. The van der Waals surface area contributed by atoms with Gasteiger partial charge in [0.15, 0.2) is 5.82 Å². The van der Waals surface area contributed by atoms with E-state index < -0.39 is 27.2 Å². The molecule has 0 radical (unpaired) electrons. The number of nitrogens with zero attached hydrogens (tertiary/aromatic N) is 1. The largest absolute Gasteiger partial charge is 0.319 e. The van der Waals surface area contributed by atoms with Crippen molar-refractivity contribution >= 4 is 21.0 Å². The van der Waals surface area contributed by atoms with Gasteiger partial charge in [-0.15, -0.1) is 0 Å². The highest BCUT2D eigenvalue weighted by Gasteiger charge is 2.18. The van der Waals surface area contributed by atoms with E-state index in [9.17, 15) is 17.6 Å². The van der Waals surface area contributed by atoms with Gasteiger partial charge in [-0.05, 0) is 12.5 Å². The van der Waals surface area contributed by atoms with Gasteiger partial charge in [-0.1, -0.05) is 6.92 Å². The third-order valence-corrected chi connectivity index (χ3v) is 4.06. The molecule has 2 heterocycles. The summed E-state index contributed by atoms with van der Waals surface area (Å²) in [6, 6.07) is 1.54. The summed E-state index contributed by atoms with van der Waals surface area (Å²) in [5, 5.41) is 0.414. The highest BCUT2D eigenvalue weighted by Crippen LogP contribution is 2.18. The van der Waals surface area contributed by atoms with Crippen LogP contribution in [0.4, 0.5) is 4.39 Å². The SMILES string of the molecule is CCc1cc2cnc(CS(=O)(=O)OC)c(F)c2[nH]c1=O. The van der Waals surface area contributed by atoms with E-state index in [1.54, 1.807) is 13.0 Å². The molecule has 0 aliphatic rings. The Kier molecular flexibility index (Phi) is 3.87. The minimum Gasteiger partial charge on any atom is -0.319 e. The molecular formula is C12H13FN2O4S. The fourth-order valence-corrected chi connectivity index (χ4v) is 2.47.